The maximum Gasteiger partial charge on any atom is 0.302 e. The molecule has 198 valence electrons. The Morgan fingerprint density at radius 1 is 1.06 bits per heavy atom. The average Bonchev–Trinajstić information content (AvgIpc) is 3.07. The number of rotatable bonds is 3. The van der Waals surface area contributed by atoms with Crippen molar-refractivity contribution in [1.82, 2.24) is 5.32 Å². The van der Waals surface area contributed by atoms with E-state index in [4.69, 9.17) is 4.74 Å². The van der Waals surface area contributed by atoms with Crippen molar-refractivity contribution in [2.75, 3.05) is 6.54 Å². The Labute approximate surface area is 211 Å². The predicted octanol–water partition coefficient (Wildman–Crippen LogP) is 3.72. The van der Waals surface area contributed by atoms with Gasteiger partial charge < -0.3 is 20.3 Å². The molecule has 0 aromatic heterocycles. The van der Waals surface area contributed by atoms with E-state index in [-0.39, 0.29) is 58.6 Å². The number of fused-ring (bicyclic) bond motifs is 5. The lowest BCUT2D eigenvalue weighted by Crippen LogP contribution is -2.58. The quantitative estimate of drug-likeness (QED) is 0.523. The summed E-state index contributed by atoms with van der Waals surface area (Å²) < 4.78 is 6.06. The highest BCUT2D eigenvalue weighted by Gasteiger charge is 2.65. The summed E-state index contributed by atoms with van der Waals surface area (Å²) in [5.41, 5.74) is 0.0188. The lowest BCUT2D eigenvalue weighted by atomic mass is 9.44. The third-order valence-electron chi connectivity index (χ3n) is 11.8. The number of aliphatic hydroxyl groups excluding tert-OH is 2. The van der Waals surface area contributed by atoms with Gasteiger partial charge in [0, 0.05) is 24.8 Å². The maximum atomic E-state index is 12.9. The molecule has 1 saturated heterocycles. The fourth-order valence-corrected chi connectivity index (χ4v) is 10.3. The van der Waals surface area contributed by atoms with Gasteiger partial charge in [-0.1, -0.05) is 27.7 Å². The van der Waals surface area contributed by atoms with Gasteiger partial charge in [-0.25, -0.2) is 0 Å². The van der Waals surface area contributed by atoms with Gasteiger partial charge in [0.15, 0.2) is 5.78 Å². The van der Waals surface area contributed by atoms with Crippen molar-refractivity contribution in [1.29, 1.82) is 0 Å². The zero-order chi connectivity index (χ0) is 25.3. The summed E-state index contributed by atoms with van der Waals surface area (Å²) in [6.45, 7) is 11.6. The van der Waals surface area contributed by atoms with E-state index in [9.17, 15) is 19.8 Å². The number of nitrogens with one attached hydrogen (secondary N) is 1. The van der Waals surface area contributed by atoms with E-state index >= 15 is 0 Å². The van der Waals surface area contributed by atoms with E-state index in [1.165, 1.54) is 6.92 Å². The summed E-state index contributed by atoms with van der Waals surface area (Å²) in [5, 5.41) is 24.9. The van der Waals surface area contributed by atoms with Gasteiger partial charge in [-0.15, -0.1) is 0 Å². The SMILES string of the molecule is CC(=O)O[C@@H]1C[C@H]2[C@@H]3CC[C@H]4C(=O)[C@@H](O)CC[C@]4(C)[C@H]3CC[C@]2(C)[C@H]1[C@H](C)[C@H]1NC[C@H](C)C[C@H]1O. The lowest BCUT2D eigenvalue weighted by Gasteiger charge is -2.60. The van der Waals surface area contributed by atoms with Crippen LogP contribution in [0, 0.1) is 52.3 Å². The number of ether oxygens (including phenoxy) is 1. The van der Waals surface area contributed by atoms with Crippen molar-refractivity contribution in [3.8, 4) is 0 Å². The van der Waals surface area contributed by atoms with Crippen LogP contribution in [0.15, 0.2) is 0 Å². The highest BCUT2D eigenvalue weighted by molar-refractivity contribution is 5.87. The molecule has 0 radical (unpaired) electrons. The second-order valence-corrected chi connectivity index (χ2v) is 13.6. The van der Waals surface area contributed by atoms with Crippen LogP contribution in [0.25, 0.3) is 0 Å². The topological polar surface area (TPSA) is 95.9 Å². The standard InChI is InChI=1S/C29H47NO5/c1-15-12-23(33)26(30-14-15)16(2)25-24(35-17(3)31)13-21-18-6-7-20-27(34)22(32)9-11-28(20,4)19(18)8-10-29(21,25)5/h15-16,18-26,30,32-33H,6-14H2,1-5H3/t15-,16+,18-,19+,20+,21+,22+,23-,24-,25+,26-,28-,29+/m1/s1. The first-order valence-electron chi connectivity index (χ1n) is 14.3. The van der Waals surface area contributed by atoms with E-state index in [0.29, 0.717) is 30.1 Å². The Morgan fingerprint density at radius 3 is 2.46 bits per heavy atom. The van der Waals surface area contributed by atoms with Crippen LogP contribution >= 0.6 is 0 Å². The Morgan fingerprint density at radius 2 is 1.77 bits per heavy atom. The fourth-order valence-electron chi connectivity index (χ4n) is 10.3. The van der Waals surface area contributed by atoms with E-state index in [0.717, 1.165) is 51.5 Å². The third kappa shape index (κ3) is 4.01. The number of esters is 1. The minimum Gasteiger partial charge on any atom is -0.462 e. The normalized spacial score (nSPS) is 52.7. The second kappa shape index (κ2) is 9.09. The molecule has 3 N–H and O–H groups in total. The number of Topliss-reactive ketones (excluding diaryl/α,β-unsaturated/α-hetero) is 1. The Bertz CT molecular complexity index is 847. The molecule has 1 aliphatic heterocycles. The molecular weight excluding hydrogens is 442 g/mol. The summed E-state index contributed by atoms with van der Waals surface area (Å²) in [5.74, 6) is 2.20. The molecule has 5 fully saturated rings. The van der Waals surface area contributed by atoms with Gasteiger partial charge in [-0.2, -0.15) is 0 Å². The van der Waals surface area contributed by atoms with Gasteiger partial charge in [0.25, 0.3) is 0 Å². The molecule has 0 amide bonds. The van der Waals surface area contributed by atoms with Crippen molar-refractivity contribution in [3.63, 3.8) is 0 Å². The largest absolute Gasteiger partial charge is 0.462 e. The average molecular weight is 490 g/mol. The molecule has 13 atom stereocenters. The lowest BCUT2D eigenvalue weighted by molar-refractivity contribution is -0.161. The molecule has 5 rings (SSSR count). The fraction of sp³-hybridized carbons (Fsp3) is 0.931. The smallest absolute Gasteiger partial charge is 0.302 e. The van der Waals surface area contributed by atoms with Crippen LogP contribution in [0.1, 0.15) is 86.0 Å². The zero-order valence-electron chi connectivity index (χ0n) is 22.3. The van der Waals surface area contributed by atoms with Gasteiger partial charge in [0.1, 0.15) is 12.2 Å². The van der Waals surface area contributed by atoms with Gasteiger partial charge in [0.05, 0.1) is 6.10 Å². The number of piperidine rings is 1. The zero-order valence-corrected chi connectivity index (χ0v) is 22.3. The van der Waals surface area contributed by atoms with Gasteiger partial charge in [0.2, 0.25) is 0 Å². The molecule has 0 unspecified atom stereocenters. The summed E-state index contributed by atoms with van der Waals surface area (Å²) in [7, 11) is 0. The molecule has 4 saturated carbocycles. The van der Waals surface area contributed by atoms with Crippen LogP contribution in [0.3, 0.4) is 0 Å². The number of hydrogen-bond acceptors (Lipinski definition) is 6. The molecule has 0 spiro atoms. The first-order chi connectivity index (χ1) is 16.5. The highest BCUT2D eigenvalue weighted by atomic mass is 16.5. The van der Waals surface area contributed by atoms with Gasteiger partial charge in [-0.3, -0.25) is 9.59 Å². The third-order valence-corrected chi connectivity index (χ3v) is 11.8. The Balaban J connectivity index is 1.44. The number of ketones is 1. The Kier molecular flexibility index (Phi) is 6.67. The summed E-state index contributed by atoms with van der Waals surface area (Å²) in [6, 6.07) is 0.0215. The molecule has 4 aliphatic carbocycles. The molecule has 5 aliphatic rings. The minimum atomic E-state index is -0.777. The van der Waals surface area contributed by atoms with Crippen LogP contribution in [0.2, 0.25) is 0 Å². The van der Waals surface area contributed by atoms with E-state index in [2.05, 4.69) is 33.0 Å². The van der Waals surface area contributed by atoms with Crippen molar-refractivity contribution < 1.29 is 24.5 Å². The number of aliphatic hydroxyl groups is 2. The van der Waals surface area contributed by atoms with Crippen molar-refractivity contribution in [2.45, 2.75) is 110 Å². The summed E-state index contributed by atoms with van der Waals surface area (Å²) in [6.07, 6.45) is 6.03. The number of carbonyl (C=O) groups is 2. The highest BCUT2D eigenvalue weighted by Crippen LogP contribution is 2.68. The monoisotopic (exact) mass is 489 g/mol. The molecule has 6 nitrogen and oxygen atoms in total. The van der Waals surface area contributed by atoms with Crippen LogP contribution in [-0.4, -0.2) is 52.9 Å². The summed E-state index contributed by atoms with van der Waals surface area (Å²) >= 11 is 0. The van der Waals surface area contributed by atoms with Crippen molar-refractivity contribution in [2.24, 2.45) is 52.3 Å². The van der Waals surface area contributed by atoms with E-state index in [1.54, 1.807) is 0 Å². The maximum absolute atomic E-state index is 12.9. The predicted molar refractivity (Wildman–Crippen MR) is 133 cm³/mol. The van der Waals surface area contributed by atoms with E-state index in [1.807, 2.05) is 0 Å². The first kappa shape index (κ1) is 25.7. The summed E-state index contributed by atoms with van der Waals surface area (Å²) in [4.78, 5) is 25.1. The molecule has 0 bridgehead atoms. The molecule has 35 heavy (non-hydrogen) atoms. The van der Waals surface area contributed by atoms with Crippen LogP contribution in [-0.2, 0) is 14.3 Å². The first-order valence-corrected chi connectivity index (χ1v) is 14.3. The van der Waals surface area contributed by atoms with Crippen molar-refractivity contribution >= 4 is 11.8 Å². The molecule has 0 aromatic rings. The second-order valence-electron chi connectivity index (χ2n) is 13.6. The molecular formula is C29H47NO5. The molecule has 1 heterocycles. The van der Waals surface area contributed by atoms with Crippen LogP contribution in [0.5, 0.6) is 0 Å². The molecule has 0 aromatic carbocycles. The van der Waals surface area contributed by atoms with Gasteiger partial charge in [-0.05, 0) is 98.3 Å². The van der Waals surface area contributed by atoms with Crippen LogP contribution < -0.4 is 5.32 Å². The number of carbonyl (C=O) groups excluding carboxylic acids is 2. The Hall–Kier alpha value is -0.980. The van der Waals surface area contributed by atoms with Crippen LogP contribution in [0.4, 0.5) is 0 Å². The van der Waals surface area contributed by atoms with E-state index < -0.39 is 6.10 Å². The molecule has 6 heteroatoms. The van der Waals surface area contributed by atoms with Crippen molar-refractivity contribution in [3.05, 3.63) is 0 Å². The minimum absolute atomic E-state index is 0.0131. The van der Waals surface area contributed by atoms with Gasteiger partial charge >= 0.3 is 5.97 Å². The number of hydrogen-bond donors (Lipinski definition) is 3.